The van der Waals surface area contributed by atoms with Crippen molar-refractivity contribution in [2.24, 2.45) is 10.9 Å². The summed E-state index contributed by atoms with van der Waals surface area (Å²) in [5.41, 5.74) is 5.23. The van der Waals surface area contributed by atoms with Crippen LogP contribution in [0.15, 0.2) is 96.7 Å². The summed E-state index contributed by atoms with van der Waals surface area (Å²) in [4.78, 5) is 22.6. The highest BCUT2D eigenvalue weighted by Crippen LogP contribution is 2.39. The second-order valence-corrected chi connectivity index (χ2v) is 10.3. The molecule has 0 radical (unpaired) electrons. The van der Waals surface area contributed by atoms with Crippen LogP contribution in [0.4, 0.5) is 4.39 Å². The molecule has 2 aliphatic heterocycles. The van der Waals surface area contributed by atoms with Gasteiger partial charge in [0, 0.05) is 17.8 Å². The predicted octanol–water partition coefficient (Wildman–Crippen LogP) is 6.57. The van der Waals surface area contributed by atoms with E-state index in [1.165, 1.54) is 23.3 Å². The van der Waals surface area contributed by atoms with Gasteiger partial charge in [-0.1, -0.05) is 73.8 Å². The van der Waals surface area contributed by atoms with E-state index in [1.807, 2.05) is 19.1 Å². The Balaban J connectivity index is 1.36. The van der Waals surface area contributed by atoms with Crippen LogP contribution in [0.3, 0.4) is 0 Å². The summed E-state index contributed by atoms with van der Waals surface area (Å²) in [6.07, 6.45) is 6.17. The number of carbonyl (C=O) groups excluding carboxylic acids is 1. The van der Waals surface area contributed by atoms with E-state index >= 15 is 0 Å². The summed E-state index contributed by atoms with van der Waals surface area (Å²) < 4.78 is 14.9. The van der Waals surface area contributed by atoms with Crippen LogP contribution >= 0.6 is 0 Å². The van der Waals surface area contributed by atoms with Gasteiger partial charge in [0.2, 0.25) is 5.96 Å². The van der Waals surface area contributed by atoms with Gasteiger partial charge in [0.05, 0.1) is 13.1 Å². The molecular weight excluding hydrogens is 461 g/mol. The van der Waals surface area contributed by atoms with Gasteiger partial charge >= 0.3 is 0 Å². The number of nitrogens with zero attached hydrogens (tertiary/aromatic N) is 3. The van der Waals surface area contributed by atoms with Gasteiger partial charge < -0.3 is 4.90 Å². The first-order valence-corrected chi connectivity index (χ1v) is 13.0. The zero-order valence-electron chi connectivity index (χ0n) is 21.5. The van der Waals surface area contributed by atoms with Crippen molar-refractivity contribution >= 4 is 17.4 Å². The number of fused-ring (bicyclic) bond motifs is 2. The molecule has 0 aromatic heterocycles. The lowest BCUT2D eigenvalue weighted by Gasteiger charge is -2.41. The molecule has 2 aromatic rings. The number of hydrogen-bond donors (Lipinski definition) is 0. The lowest BCUT2D eigenvalue weighted by Crippen LogP contribution is -2.51. The average molecular weight is 496 g/mol. The van der Waals surface area contributed by atoms with Crippen LogP contribution in [0.25, 0.3) is 5.57 Å². The zero-order chi connectivity index (χ0) is 26.2. The number of alkyl halides is 1. The van der Waals surface area contributed by atoms with E-state index in [-0.39, 0.29) is 5.91 Å². The fourth-order valence-corrected chi connectivity index (χ4v) is 5.67. The summed E-state index contributed by atoms with van der Waals surface area (Å²) in [5.74, 6) is 1.21. The summed E-state index contributed by atoms with van der Waals surface area (Å²) >= 11 is 0. The second-order valence-electron chi connectivity index (χ2n) is 10.3. The summed E-state index contributed by atoms with van der Waals surface area (Å²) in [5, 5.41) is 0. The Hall–Kier alpha value is -3.73. The molecule has 0 spiro atoms. The largest absolute Gasteiger partial charge is 0.314 e. The van der Waals surface area contributed by atoms with E-state index in [9.17, 15) is 9.18 Å². The monoisotopic (exact) mass is 495 g/mol. The van der Waals surface area contributed by atoms with Gasteiger partial charge in [-0.05, 0) is 72.9 Å². The molecule has 1 aliphatic carbocycles. The molecule has 2 aromatic carbocycles. The quantitative estimate of drug-likeness (QED) is 0.389. The number of carbonyl (C=O) groups is 1. The topological polar surface area (TPSA) is 35.9 Å². The molecule has 0 saturated carbocycles. The predicted molar refractivity (Wildman–Crippen MR) is 148 cm³/mol. The van der Waals surface area contributed by atoms with E-state index in [1.54, 1.807) is 17.0 Å². The third kappa shape index (κ3) is 4.71. The molecule has 5 rings (SSSR count). The Bertz CT molecular complexity index is 1310. The first-order chi connectivity index (χ1) is 17.8. The molecule has 1 amide bonds. The van der Waals surface area contributed by atoms with Crippen LogP contribution in [-0.2, 0) is 23.4 Å². The van der Waals surface area contributed by atoms with Crippen molar-refractivity contribution in [1.82, 2.24) is 9.80 Å². The van der Waals surface area contributed by atoms with E-state index in [2.05, 4.69) is 48.9 Å². The maximum absolute atomic E-state index is 14.9. The average Bonchev–Trinajstić information content (AvgIpc) is 3.41. The second kappa shape index (κ2) is 9.97. The lowest BCUT2D eigenvalue weighted by molar-refractivity contribution is -0.125. The number of guanidine groups is 1. The van der Waals surface area contributed by atoms with Crippen molar-refractivity contribution in [1.29, 1.82) is 0 Å². The number of amides is 1. The van der Waals surface area contributed by atoms with Crippen molar-refractivity contribution in [3.05, 3.63) is 114 Å². The summed E-state index contributed by atoms with van der Waals surface area (Å²) in [6.45, 7) is 15.2. The number of rotatable bonds is 8. The third-order valence-corrected chi connectivity index (χ3v) is 7.79. The van der Waals surface area contributed by atoms with Crippen molar-refractivity contribution in [2.45, 2.75) is 44.8 Å². The van der Waals surface area contributed by atoms with Gasteiger partial charge in [0.15, 0.2) is 5.67 Å². The van der Waals surface area contributed by atoms with Gasteiger partial charge in [-0.3, -0.25) is 14.7 Å². The van der Waals surface area contributed by atoms with Gasteiger partial charge in [0.25, 0.3) is 5.91 Å². The Kier molecular flexibility index (Phi) is 6.72. The van der Waals surface area contributed by atoms with Crippen LogP contribution in [0, 0.1) is 5.92 Å². The molecule has 1 atom stereocenters. The lowest BCUT2D eigenvalue weighted by atomic mass is 9.81. The van der Waals surface area contributed by atoms with E-state index in [0.717, 1.165) is 60.6 Å². The number of aliphatic imine (C=N–C) groups is 1. The molecular formula is C32H34FN3O. The van der Waals surface area contributed by atoms with Crippen LogP contribution < -0.4 is 0 Å². The highest BCUT2D eigenvalue weighted by molar-refractivity contribution is 6.09. The van der Waals surface area contributed by atoms with Crippen LogP contribution in [0.5, 0.6) is 0 Å². The fraction of sp³-hybridized carbons (Fsp3) is 0.312. The number of hydrogen-bond acceptors (Lipinski definition) is 3. The molecule has 0 saturated heterocycles. The minimum Gasteiger partial charge on any atom is -0.314 e. The van der Waals surface area contributed by atoms with E-state index in [0.29, 0.717) is 24.6 Å². The van der Waals surface area contributed by atoms with E-state index < -0.39 is 5.67 Å². The Morgan fingerprint density at radius 3 is 2.62 bits per heavy atom. The first kappa shape index (κ1) is 24.9. The van der Waals surface area contributed by atoms with Crippen molar-refractivity contribution in [3.8, 4) is 0 Å². The van der Waals surface area contributed by atoms with Gasteiger partial charge in [-0.25, -0.2) is 4.39 Å². The maximum Gasteiger partial charge on any atom is 0.258 e. The summed E-state index contributed by atoms with van der Waals surface area (Å²) in [7, 11) is 0. The summed E-state index contributed by atoms with van der Waals surface area (Å²) in [6, 6.07) is 15.8. The molecule has 3 aliphatic rings. The molecule has 0 bridgehead atoms. The third-order valence-electron chi connectivity index (χ3n) is 7.79. The number of allylic oxidation sites excluding steroid dienone is 4. The standard InChI is InChI=1S/C32H34FN3O/c1-5-32(33,6-2)27-13-10-23(11-14-27)21-36-30(37)28-20-25(12-15-29(28)35-17-16-34-31(35)36)18-24-8-7-9-26(19-24)22(3)4/h5-11,13-14,19,25H,1-3,12,15-18,20-21H2,4H3. The normalized spacial score (nSPS) is 19.4. The molecule has 1 unspecified atom stereocenters. The fourth-order valence-electron chi connectivity index (χ4n) is 5.67. The Labute approximate surface area is 219 Å². The molecule has 37 heavy (non-hydrogen) atoms. The molecule has 0 N–H and O–H groups in total. The van der Waals surface area contributed by atoms with Crippen LogP contribution in [-0.4, -0.2) is 34.8 Å². The number of benzene rings is 2. The minimum atomic E-state index is -1.77. The highest BCUT2D eigenvalue weighted by Gasteiger charge is 2.41. The zero-order valence-corrected chi connectivity index (χ0v) is 21.5. The van der Waals surface area contributed by atoms with E-state index in [4.69, 9.17) is 4.99 Å². The SMILES string of the molecule is C=CC(F)(C=C)c1ccc(CN2C(=O)C3=C(CCC(Cc4cccc(C(=C)C)c4)C3)N3CCN=C23)cc1. The molecule has 5 heteroatoms. The molecule has 2 heterocycles. The van der Waals surface area contributed by atoms with Crippen molar-refractivity contribution in [3.63, 3.8) is 0 Å². The Morgan fingerprint density at radius 1 is 1.16 bits per heavy atom. The molecule has 190 valence electrons. The molecule has 0 fully saturated rings. The van der Waals surface area contributed by atoms with Crippen molar-refractivity contribution in [2.75, 3.05) is 13.1 Å². The highest BCUT2D eigenvalue weighted by atomic mass is 19.1. The van der Waals surface area contributed by atoms with Crippen LogP contribution in [0.1, 0.15) is 48.4 Å². The maximum atomic E-state index is 14.9. The van der Waals surface area contributed by atoms with Crippen molar-refractivity contribution < 1.29 is 9.18 Å². The van der Waals surface area contributed by atoms with Gasteiger partial charge in [-0.2, -0.15) is 0 Å². The van der Waals surface area contributed by atoms with Crippen LogP contribution in [0.2, 0.25) is 0 Å². The minimum absolute atomic E-state index is 0.0494. The van der Waals surface area contributed by atoms with Gasteiger partial charge in [0.1, 0.15) is 0 Å². The molecule has 4 nitrogen and oxygen atoms in total. The number of halogens is 1. The Morgan fingerprint density at radius 2 is 1.92 bits per heavy atom. The smallest absolute Gasteiger partial charge is 0.258 e. The van der Waals surface area contributed by atoms with Gasteiger partial charge in [-0.15, -0.1) is 0 Å². The first-order valence-electron chi connectivity index (χ1n) is 13.0.